The fourth-order valence-electron chi connectivity index (χ4n) is 2.71. The third-order valence-corrected chi connectivity index (χ3v) is 4.76. The van der Waals surface area contributed by atoms with Gasteiger partial charge < -0.3 is 19.5 Å². The molecule has 0 aliphatic heterocycles. The van der Waals surface area contributed by atoms with Gasteiger partial charge in [0.2, 0.25) is 5.88 Å². The topological polar surface area (TPSA) is 107 Å². The number of fused-ring (bicyclic) bond motifs is 1. The minimum atomic E-state index is -0.401. The van der Waals surface area contributed by atoms with Crippen molar-refractivity contribution in [3.8, 4) is 23.1 Å². The van der Waals surface area contributed by atoms with Gasteiger partial charge in [0.1, 0.15) is 5.75 Å². The SMILES string of the molecule is COc1cc2nccc(Oc3ccc(NC(=O)Nc4nccs4)cn3)c2cc1OC. The number of carbonyl (C=O) groups is 1. The molecule has 0 fully saturated rings. The first-order valence-electron chi connectivity index (χ1n) is 8.78. The van der Waals surface area contributed by atoms with Gasteiger partial charge in [0.05, 0.1) is 31.6 Å². The molecule has 30 heavy (non-hydrogen) atoms. The molecule has 4 rings (SSSR count). The van der Waals surface area contributed by atoms with E-state index in [1.807, 2.05) is 0 Å². The van der Waals surface area contributed by atoms with Crippen LogP contribution < -0.4 is 24.8 Å². The smallest absolute Gasteiger partial charge is 0.325 e. The first kappa shape index (κ1) is 19.4. The van der Waals surface area contributed by atoms with Crippen LogP contribution in [0.2, 0.25) is 0 Å². The summed E-state index contributed by atoms with van der Waals surface area (Å²) in [5.74, 6) is 2.08. The molecule has 4 aromatic rings. The maximum absolute atomic E-state index is 12.0. The zero-order valence-corrected chi connectivity index (χ0v) is 16.9. The molecule has 0 aliphatic carbocycles. The molecule has 0 aliphatic rings. The van der Waals surface area contributed by atoms with Crippen molar-refractivity contribution >= 4 is 39.1 Å². The number of amides is 2. The van der Waals surface area contributed by atoms with Crippen molar-refractivity contribution in [2.75, 3.05) is 24.9 Å². The van der Waals surface area contributed by atoms with Gasteiger partial charge in [-0.2, -0.15) is 0 Å². The number of nitrogens with one attached hydrogen (secondary N) is 2. The van der Waals surface area contributed by atoms with E-state index in [-0.39, 0.29) is 0 Å². The monoisotopic (exact) mass is 423 g/mol. The van der Waals surface area contributed by atoms with Crippen LogP contribution in [0.15, 0.2) is 54.3 Å². The van der Waals surface area contributed by atoms with Gasteiger partial charge in [-0.05, 0) is 18.2 Å². The molecule has 152 valence electrons. The standard InChI is InChI=1S/C20H17N5O4S/c1-27-16-9-13-14(10-17(16)28-2)21-6-5-15(13)29-18-4-3-12(11-23-18)24-19(26)25-20-22-7-8-30-20/h3-11H,1-2H3,(H2,22,24,25,26). The Morgan fingerprint density at radius 1 is 0.933 bits per heavy atom. The lowest BCUT2D eigenvalue weighted by atomic mass is 10.2. The lowest BCUT2D eigenvalue weighted by Gasteiger charge is -2.12. The van der Waals surface area contributed by atoms with E-state index in [2.05, 4.69) is 25.6 Å². The number of urea groups is 1. The van der Waals surface area contributed by atoms with Gasteiger partial charge in [-0.25, -0.2) is 14.8 Å². The van der Waals surface area contributed by atoms with E-state index < -0.39 is 6.03 Å². The Morgan fingerprint density at radius 3 is 2.47 bits per heavy atom. The Morgan fingerprint density at radius 2 is 1.77 bits per heavy atom. The number of aromatic nitrogens is 3. The number of hydrogen-bond acceptors (Lipinski definition) is 8. The number of rotatable bonds is 6. The van der Waals surface area contributed by atoms with Crippen molar-refractivity contribution in [1.29, 1.82) is 0 Å². The first-order chi connectivity index (χ1) is 14.7. The molecule has 0 unspecified atom stereocenters. The van der Waals surface area contributed by atoms with E-state index in [0.29, 0.717) is 39.5 Å². The summed E-state index contributed by atoms with van der Waals surface area (Å²) in [7, 11) is 3.14. The molecule has 0 saturated carbocycles. The highest BCUT2D eigenvalue weighted by Gasteiger charge is 2.12. The molecule has 1 aromatic carbocycles. The average Bonchev–Trinajstić information content (AvgIpc) is 3.27. The minimum Gasteiger partial charge on any atom is -0.493 e. The summed E-state index contributed by atoms with van der Waals surface area (Å²) in [6, 6.07) is 8.27. The zero-order chi connectivity index (χ0) is 20.9. The Kier molecular flexibility index (Phi) is 5.57. The molecule has 3 aromatic heterocycles. The molecular formula is C20H17N5O4S. The molecule has 10 heteroatoms. The second-order valence-corrected chi connectivity index (χ2v) is 6.83. The van der Waals surface area contributed by atoms with Crippen molar-refractivity contribution < 1.29 is 19.0 Å². The molecule has 0 spiro atoms. The number of pyridine rings is 2. The average molecular weight is 423 g/mol. The lowest BCUT2D eigenvalue weighted by Crippen LogP contribution is -2.19. The molecule has 2 N–H and O–H groups in total. The highest BCUT2D eigenvalue weighted by atomic mass is 32.1. The van der Waals surface area contributed by atoms with Crippen LogP contribution in [0.5, 0.6) is 23.1 Å². The summed E-state index contributed by atoms with van der Waals surface area (Å²) in [5, 5.41) is 8.36. The third kappa shape index (κ3) is 4.23. The van der Waals surface area contributed by atoms with Crippen LogP contribution in [0.25, 0.3) is 10.9 Å². The summed E-state index contributed by atoms with van der Waals surface area (Å²) < 4.78 is 16.6. The second-order valence-electron chi connectivity index (χ2n) is 5.94. The van der Waals surface area contributed by atoms with Crippen LogP contribution in [-0.2, 0) is 0 Å². The predicted octanol–water partition coefficient (Wildman–Crippen LogP) is 4.54. The molecule has 0 saturated heterocycles. The summed E-state index contributed by atoms with van der Waals surface area (Å²) in [6.45, 7) is 0. The molecule has 0 radical (unpaired) electrons. The maximum Gasteiger partial charge on any atom is 0.325 e. The fourth-order valence-corrected chi connectivity index (χ4v) is 3.23. The van der Waals surface area contributed by atoms with E-state index in [4.69, 9.17) is 14.2 Å². The van der Waals surface area contributed by atoms with Gasteiger partial charge in [-0.1, -0.05) is 0 Å². The highest BCUT2D eigenvalue weighted by molar-refractivity contribution is 7.13. The summed E-state index contributed by atoms with van der Waals surface area (Å²) in [6.07, 6.45) is 4.76. The van der Waals surface area contributed by atoms with Crippen molar-refractivity contribution in [3.05, 3.63) is 54.3 Å². The molecule has 3 heterocycles. The Bertz CT molecular complexity index is 1170. The minimum absolute atomic E-state index is 0.364. The molecule has 0 atom stereocenters. The zero-order valence-electron chi connectivity index (χ0n) is 16.1. The Hall–Kier alpha value is -3.92. The van der Waals surface area contributed by atoms with Crippen LogP contribution in [0.1, 0.15) is 0 Å². The van der Waals surface area contributed by atoms with Crippen molar-refractivity contribution in [3.63, 3.8) is 0 Å². The molecule has 0 bridgehead atoms. The number of benzene rings is 1. The van der Waals surface area contributed by atoms with Gasteiger partial charge in [-0.3, -0.25) is 10.3 Å². The number of hydrogen-bond donors (Lipinski definition) is 2. The summed E-state index contributed by atoms with van der Waals surface area (Å²) >= 11 is 1.33. The highest BCUT2D eigenvalue weighted by Crippen LogP contribution is 2.36. The van der Waals surface area contributed by atoms with Gasteiger partial charge in [-0.15, -0.1) is 11.3 Å². The van der Waals surface area contributed by atoms with Crippen LogP contribution >= 0.6 is 11.3 Å². The fraction of sp³-hybridized carbons (Fsp3) is 0.100. The Balaban J connectivity index is 1.50. The van der Waals surface area contributed by atoms with Crippen molar-refractivity contribution in [1.82, 2.24) is 15.0 Å². The summed E-state index contributed by atoms with van der Waals surface area (Å²) in [4.78, 5) is 24.6. The van der Waals surface area contributed by atoms with Crippen molar-refractivity contribution in [2.45, 2.75) is 0 Å². The van der Waals surface area contributed by atoms with E-state index in [1.165, 1.54) is 17.5 Å². The van der Waals surface area contributed by atoms with E-state index >= 15 is 0 Å². The van der Waals surface area contributed by atoms with Crippen LogP contribution in [0, 0.1) is 0 Å². The number of methoxy groups -OCH3 is 2. The van der Waals surface area contributed by atoms with Gasteiger partial charge in [0.25, 0.3) is 0 Å². The lowest BCUT2D eigenvalue weighted by molar-refractivity contribution is 0.262. The number of carbonyl (C=O) groups excluding carboxylic acids is 1. The normalized spacial score (nSPS) is 10.5. The number of thiazole rings is 1. The van der Waals surface area contributed by atoms with Crippen LogP contribution in [0.3, 0.4) is 0 Å². The van der Waals surface area contributed by atoms with Gasteiger partial charge >= 0.3 is 6.03 Å². The van der Waals surface area contributed by atoms with E-state index in [1.54, 1.807) is 62.3 Å². The Labute approximate surface area is 175 Å². The molecular weight excluding hydrogens is 406 g/mol. The first-order valence-corrected chi connectivity index (χ1v) is 9.66. The van der Waals surface area contributed by atoms with Gasteiger partial charge in [0, 0.05) is 35.3 Å². The van der Waals surface area contributed by atoms with Crippen LogP contribution in [0.4, 0.5) is 15.6 Å². The van der Waals surface area contributed by atoms with E-state index in [9.17, 15) is 4.79 Å². The number of ether oxygens (including phenoxy) is 3. The predicted molar refractivity (Wildman–Crippen MR) is 114 cm³/mol. The maximum atomic E-state index is 12.0. The van der Waals surface area contributed by atoms with Gasteiger partial charge in [0.15, 0.2) is 16.6 Å². The largest absolute Gasteiger partial charge is 0.493 e. The second kappa shape index (κ2) is 8.62. The number of anilines is 2. The third-order valence-electron chi connectivity index (χ3n) is 4.07. The van der Waals surface area contributed by atoms with E-state index in [0.717, 1.165) is 5.39 Å². The van der Waals surface area contributed by atoms with Crippen molar-refractivity contribution in [2.24, 2.45) is 0 Å². The quantitative estimate of drug-likeness (QED) is 0.469. The molecule has 2 amide bonds. The molecule has 9 nitrogen and oxygen atoms in total. The number of nitrogens with zero attached hydrogens (tertiary/aromatic N) is 3. The summed E-state index contributed by atoms with van der Waals surface area (Å²) in [5.41, 5.74) is 1.21. The van der Waals surface area contributed by atoms with Crippen LogP contribution in [-0.4, -0.2) is 35.2 Å².